The van der Waals surface area contributed by atoms with Crippen molar-refractivity contribution in [2.75, 3.05) is 0 Å². The molecule has 4 aromatic rings. The quantitative estimate of drug-likeness (QED) is 0.192. The molecule has 0 aliphatic rings. The van der Waals surface area contributed by atoms with E-state index in [1.807, 2.05) is 44.2 Å². The number of benzene rings is 3. The van der Waals surface area contributed by atoms with Crippen LogP contribution in [-0.2, 0) is 23.2 Å². The molecule has 1 heterocycles. The molecule has 1 atom stereocenters. The van der Waals surface area contributed by atoms with E-state index in [2.05, 4.69) is 56.6 Å². The minimum Gasteiger partial charge on any atom is -0.478 e. The van der Waals surface area contributed by atoms with Gasteiger partial charge < -0.3 is 19.7 Å². The third-order valence-electron chi connectivity index (χ3n) is 8.07. The second-order valence-corrected chi connectivity index (χ2v) is 13.8. The Kier molecular flexibility index (Phi) is 9.29. The first kappa shape index (κ1) is 32.8. The molecular weight excluding hydrogens is 555 g/mol. The average Bonchev–Trinajstić information content (AvgIpc) is 3.16. The van der Waals surface area contributed by atoms with Crippen LogP contribution in [0.15, 0.2) is 60.7 Å². The number of hydrogen-bond acceptors (Lipinski definition) is 3. The minimum absolute atomic E-state index is 0.0112. The van der Waals surface area contributed by atoms with Crippen molar-refractivity contribution < 1.29 is 23.8 Å². The van der Waals surface area contributed by atoms with E-state index in [0.717, 1.165) is 34.3 Å². The Labute approximate surface area is 260 Å². The summed E-state index contributed by atoms with van der Waals surface area (Å²) < 4.78 is 22.5. The maximum atomic E-state index is 14.7. The number of carbonyl (C=O) groups excluding carboxylic acids is 1. The number of nitrogens with zero attached hydrogens (tertiary/aromatic N) is 1. The SMILES string of the molecule is Cc1c(Cc2cc(F)cc(OC(C)(C)C(=O)O)c2)c2ccc(C(=O)N[C@@H](C)c3cccc(C(C)(C)C)c3)cc2n1CC(C)C. The van der Waals surface area contributed by atoms with Gasteiger partial charge in [0.1, 0.15) is 11.6 Å². The van der Waals surface area contributed by atoms with Gasteiger partial charge in [-0.1, -0.05) is 65.0 Å². The van der Waals surface area contributed by atoms with Crippen molar-refractivity contribution in [3.63, 3.8) is 0 Å². The zero-order valence-corrected chi connectivity index (χ0v) is 27.3. The first-order valence-corrected chi connectivity index (χ1v) is 15.2. The maximum Gasteiger partial charge on any atom is 0.347 e. The fraction of sp³-hybridized carbons (Fsp3) is 0.405. The summed E-state index contributed by atoms with van der Waals surface area (Å²) >= 11 is 0. The molecule has 1 amide bonds. The number of hydrogen-bond donors (Lipinski definition) is 2. The van der Waals surface area contributed by atoms with Crippen molar-refractivity contribution in [1.29, 1.82) is 0 Å². The number of aromatic nitrogens is 1. The number of rotatable bonds is 10. The molecule has 0 unspecified atom stereocenters. The summed E-state index contributed by atoms with van der Waals surface area (Å²) in [7, 11) is 0. The lowest BCUT2D eigenvalue weighted by Gasteiger charge is -2.22. The molecule has 4 rings (SSSR count). The van der Waals surface area contributed by atoms with Crippen molar-refractivity contribution >= 4 is 22.8 Å². The monoisotopic (exact) mass is 600 g/mol. The number of aliphatic carboxylic acids is 1. The average molecular weight is 601 g/mol. The van der Waals surface area contributed by atoms with Crippen LogP contribution in [0, 0.1) is 18.7 Å². The van der Waals surface area contributed by atoms with Crippen molar-refractivity contribution in [2.45, 2.75) is 92.3 Å². The maximum absolute atomic E-state index is 14.7. The van der Waals surface area contributed by atoms with Gasteiger partial charge in [0.05, 0.1) is 6.04 Å². The van der Waals surface area contributed by atoms with Crippen LogP contribution >= 0.6 is 0 Å². The zero-order valence-electron chi connectivity index (χ0n) is 27.3. The van der Waals surface area contributed by atoms with Gasteiger partial charge in [-0.15, -0.1) is 0 Å². The molecule has 0 aliphatic heterocycles. The zero-order chi connectivity index (χ0) is 32.6. The highest BCUT2D eigenvalue weighted by atomic mass is 19.1. The van der Waals surface area contributed by atoms with Crippen LogP contribution in [0.1, 0.15) is 99.7 Å². The number of ether oxygens (including phenoxy) is 1. The van der Waals surface area contributed by atoms with E-state index >= 15 is 0 Å². The van der Waals surface area contributed by atoms with Gasteiger partial charge in [0.2, 0.25) is 0 Å². The molecular formula is C37H45FN2O4. The molecule has 0 bridgehead atoms. The number of fused-ring (bicyclic) bond motifs is 1. The molecule has 234 valence electrons. The molecule has 6 nitrogen and oxygen atoms in total. The molecule has 0 aliphatic carbocycles. The number of halogens is 1. The van der Waals surface area contributed by atoms with Gasteiger partial charge in [0.25, 0.3) is 5.91 Å². The highest BCUT2D eigenvalue weighted by molar-refractivity contribution is 5.99. The van der Waals surface area contributed by atoms with Crippen LogP contribution in [-0.4, -0.2) is 27.2 Å². The number of amides is 1. The first-order valence-electron chi connectivity index (χ1n) is 15.2. The molecule has 0 fully saturated rings. The normalized spacial score (nSPS) is 12.9. The van der Waals surface area contributed by atoms with Crippen molar-refractivity contribution in [3.8, 4) is 5.75 Å². The van der Waals surface area contributed by atoms with Gasteiger partial charge >= 0.3 is 5.97 Å². The largest absolute Gasteiger partial charge is 0.478 e. The summed E-state index contributed by atoms with van der Waals surface area (Å²) in [5, 5.41) is 13.6. The second-order valence-electron chi connectivity index (χ2n) is 13.8. The minimum atomic E-state index is -1.50. The van der Waals surface area contributed by atoms with Crippen molar-refractivity contribution in [2.24, 2.45) is 5.92 Å². The summed E-state index contributed by atoms with van der Waals surface area (Å²) in [5.74, 6) is -1.26. The lowest BCUT2D eigenvalue weighted by molar-refractivity contribution is -0.152. The highest BCUT2D eigenvalue weighted by Gasteiger charge is 2.30. The Bertz CT molecular complexity index is 1690. The lowest BCUT2D eigenvalue weighted by atomic mass is 9.85. The van der Waals surface area contributed by atoms with Gasteiger partial charge in [0.15, 0.2) is 5.60 Å². The fourth-order valence-corrected chi connectivity index (χ4v) is 5.48. The predicted molar refractivity (Wildman–Crippen MR) is 174 cm³/mol. The molecule has 44 heavy (non-hydrogen) atoms. The summed E-state index contributed by atoms with van der Waals surface area (Å²) in [5.41, 5.74) is 5.03. The van der Waals surface area contributed by atoms with Gasteiger partial charge in [-0.2, -0.15) is 0 Å². The van der Waals surface area contributed by atoms with E-state index in [4.69, 9.17) is 4.74 Å². The fourth-order valence-electron chi connectivity index (χ4n) is 5.48. The molecule has 0 saturated carbocycles. The molecule has 2 N–H and O–H groups in total. The van der Waals surface area contributed by atoms with E-state index in [-0.39, 0.29) is 23.1 Å². The van der Waals surface area contributed by atoms with Crippen LogP contribution in [0.2, 0.25) is 0 Å². The van der Waals surface area contributed by atoms with Crippen LogP contribution < -0.4 is 10.1 Å². The standard InChI is InChI=1S/C37H45FN2O4/c1-22(2)21-40-24(4)32(17-25-15-29(38)20-30(16-25)44-37(8,9)35(42)43)31-14-13-27(19-33(31)40)34(41)39-23(3)26-11-10-12-28(18-26)36(5,6)7/h10-16,18-20,22-23H,17,21H2,1-9H3,(H,39,41)(H,42,43)/t23-/m0/s1. The Hall–Kier alpha value is -4.13. The summed E-state index contributed by atoms with van der Waals surface area (Å²) in [6, 6.07) is 18.3. The number of carbonyl (C=O) groups is 2. The Balaban J connectivity index is 1.67. The lowest BCUT2D eigenvalue weighted by Crippen LogP contribution is -2.37. The molecule has 0 radical (unpaired) electrons. The van der Waals surface area contributed by atoms with Crippen LogP contribution in [0.3, 0.4) is 0 Å². The highest BCUT2D eigenvalue weighted by Crippen LogP contribution is 2.32. The van der Waals surface area contributed by atoms with Gasteiger partial charge in [0, 0.05) is 41.2 Å². The molecule has 0 spiro atoms. The first-order chi connectivity index (χ1) is 20.5. The summed E-state index contributed by atoms with van der Waals surface area (Å²) in [6.07, 6.45) is 0.418. The van der Waals surface area contributed by atoms with Crippen LogP contribution in [0.4, 0.5) is 4.39 Å². The Morgan fingerprint density at radius 1 is 0.977 bits per heavy atom. The molecule has 1 aromatic heterocycles. The summed E-state index contributed by atoms with van der Waals surface area (Å²) in [4.78, 5) is 25.1. The number of nitrogens with one attached hydrogen (secondary N) is 1. The van der Waals surface area contributed by atoms with Crippen LogP contribution in [0.5, 0.6) is 5.75 Å². The van der Waals surface area contributed by atoms with E-state index in [1.165, 1.54) is 31.5 Å². The topological polar surface area (TPSA) is 80.6 Å². The Morgan fingerprint density at radius 3 is 2.32 bits per heavy atom. The second kappa shape index (κ2) is 12.5. The summed E-state index contributed by atoms with van der Waals surface area (Å²) in [6.45, 7) is 18.5. The van der Waals surface area contributed by atoms with E-state index < -0.39 is 17.4 Å². The van der Waals surface area contributed by atoms with Crippen molar-refractivity contribution in [3.05, 3.63) is 100.0 Å². The van der Waals surface area contributed by atoms with E-state index in [0.29, 0.717) is 23.5 Å². The number of carboxylic acid groups (broad SMARTS) is 1. The molecule has 0 saturated heterocycles. The number of carboxylic acids is 1. The molecule has 7 heteroatoms. The third-order valence-corrected chi connectivity index (χ3v) is 8.07. The van der Waals surface area contributed by atoms with Crippen LogP contribution in [0.25, 0.3) is 10.9 Å². The smallest absolute Gasteiger partial charge is 0.347 e. The predicted octanol–water partition coefficient (Wildman–Crippen LogP) is 8.37. The van der Waals surface area contributed by atoms with Gasteiger partial charge in [-0.25, -0.2) is 9.18 Å². The van der Waals surface area contributed by atoms with Gasteiger partial charge in [-0.3, -0.25) is 4.79 Å². The molecule has 3 aromatic carbocycles. The third kappa shape index (κ3) is 7.32. The van der Waals surface area contributed by atoms with E-state index in [1.54, 1.807) is 6.07 Å². The Morgan fingerprint density at radius 2 is 1.68 bits per heavy atom. The van der Waals surface area contributed by atoms with E-state index in [9.17, 15) is 19.1 Å². The van der Waals surface area contributed by atoms with Gasteiger partial charge in [-0.05, 0) is 85.5 Å². The van der Waals surface area contributed by atoms with Crippen molar-refractivity contribution in [1.82, 2.24) is 9.88 Å².